The summed E-state index contributed by atoms with van der Waals surface area (Å²) in [4.78, 5) is 18.4. The fourth-order valence-corrected chi connectivity index (χ4v) is 2.74. The molecule has 1 fully saturated rings. The number of nitrogens with zero attached hydrogens (tertiary/aromatic N) is 5. The van der Waals surface area contributed by atoms with Gasteiger partial charge in [-0.15, -0.1) is 10.2 Å². The number of piperidine rings is 1. The van der Waals surface area contributed by atoms with E-state index in [-0.39, 0.29) is 11.9 Å². The van der Waals surface area contributed by atoms with E-state index in [1.807, 2.05) is 24.4 Å². The van der Waals surface area contributed by atoms with E-state index in [0.717, 1.165) is 43.2 Å². The van der Waals surface area contributed by atoms with Crippen LogP contribution in [0.1, 0.15) is 25.6 Å². The topological polar surface area (TPSA) is 72.6 Å². The molecule has 0 atom stereocenters. The summed E-state index contributed by atoms with van der Waals surface area (Å²) in [5.41, 5.74) is 0.768. The van der Waals surface area contributed by atoms with Crippen molar-refractivity contribution in [3.05, 3.63) is 18.2 Å². The molecule has 3 heterocycles. The third kappa shape index (κ3) is 2.55. The molecule has 0 unspecified atom stereocenters. The van der Waals surface area contributed by atoms with E-state index in [0.29, 0.717) is 6.61 Å². The third-order valence-corrected chi connectivity index (χ3v) is 3.89. The Balaban J connectivity index is 1.75. The highest BCUT2D eigenvalue weighted by Gasteiger charge is 2.27. The maximum absolute atomic E-state index is 11.8. The Kier molecular flexibility index (Phi) is 3.72. The molecule has 0 amide bonds. The van der Waals surface area contributed by atoms with E-state index in [1.54, 1.807) is 6.20 Å². The lowest BCUT2D eigenvalue weighted by molar-refractivity contribution is -0.148. The van der Waals surface area contributed by atoms with Gasteiger partial charge in [-0.05, 0) is 26.7 Å². The first-order chi connectivity index (χ1) is 10.2. The smallest absolute Gasteiger partial charge is 0.309 e. The first-order valence-electron chi connectivity index (χ1n) is 7.28. The molecule has 1 aliphatic heterocycles. The van der Waals surface area contributed by atoms with Crippen molar-refractivity contribution in [1.29, 1.82) is 0 Å². The summed E-state index contributed by atoms with van der Waals surface area (Å²) in [5.74, 6) is 1.60. The van der Waals surface area contributed by atoms with Gasteiger partial charge in [-0.1, -0.05) is 0 Å². The van der Waals surface area contributed by atoms with Gasteiger partial charge in [0.1, 0.15) is 5.82 Å². The second-order valence-electron chi connectivity index (χ2n) is 5.21. The maximum atomic E-state index is 11.8. The quantitative estimate of drug-likeness (QED) is 0.791. The second-order valence-corrected chi connectivity index (χ2v) is 5.21. The number of aryl methyl sites for hydroxylation is 1. The number of carbonyl (C=O) groups is 1. The van der Waals surface area contributed by atoms with Crippen LogP contribution in [-0.4, -0.2) is 45.2 Å². The molecule has 1 aliphatic rings. The number of aromatic nitrogens is 4. The number of hydrogen-bond donors (Lipinski definition) is 0. The first kappa shape index (κ1) is 13.8. The maximum Gasteiger partial charge on any atom is 0.309 e. The summed E-state index contributed by atoms with van der Waals surface area (Å²) in [6.45, 7) is 5.76. The average Bonchev–Trinajstić information content (AvgIpc) is 2.89. The Hall–Kier alpha value is -2.18. The molecule has 2 aromatic heterocycles. The molecular weight excluding hydrogens is 270 g/mol. The normalized spacial score (nSPS) is 16.4. The Morgan fingerprint density at radius 1 is 1.38 bits per heavy atom. The third-order valence-electron chi connectivity index (χ3n) is 3.89. The van der Waals surface area contributed by atoms with Gasteiger partial charge in [0, 0.05) is 25.5 Å². The summed E-state index contributed by atoms with van der Waals surface area (Å²) in [6.07, 6.45) is 5.19. The standard InChI is InChI=1S/C14H19N5O2/c1-3-21-14(20)11-4-7-18(8-5-11)12-13-17-16-10(2)19(13)9-6-15-12/h6,9,11H,3-5,7-8H2,1-2H3. The van der Waals surface area contributed by atoms with Crippen molar-refractivity contribution >= 4 is 17.4 Å². The zero-order valence-electron chi connectivity index (χ0n) is 12.3. The molecule has 0 radical (unpaired) electrons. The van der Waals surface area contributed by atoms with Crippen molar-refractivity contribution in [2.75, 3.05) is 24.6 Å². The Morgan fingerprint density at radius 2 is 2.14 bits per heavy atom. The molecule has 1 saturated heterocycles. The molecule has 0 saturated carbocycles. The van der Waals surface area contributed by atoms with Crippen LogP contribution in [0.4, 0.5) is 5.82 Å². The fourth-order valence-electron chi connectivity index (χ4n) is 2.74. The minimum atomic E-state index is -0.0818. The second kappa shape index (κ2) is 5.67. The highest BCUT2D eigenvalue weighted by molar-refractivity contribution is 5.73. The van der Waals surface area contributed by atoms with Gasteiger partial charge in [-0.2, -0.15) is 0 Å². The van der Waals surface area contributed by atoms with Crippen molar-refractivity contribution in [2.24, 2.45) is 5.92 Å². The molecule has 0 spiro atoms. The lowest BCUT2D eigenvalue weighted by Gasteiger charge is -2.31. The van der Waals surface area contributed by atoms with E-state index in [9.17, 15) is 4.79 Å². The molecule has 3 rings (SSSR count). The molecule has 112 valence electrons. The molecule has 21 heavy (non-hydrogen) atoms. The van der Waals surface area contributed by atoms with Crippen LogP contribution in [-0.2, 0) is 9.53 Å². The van der Waals surface area contributed by atoms with Gasteiger partial charge in [-0.25, -0.2) is 4.98 Å². The predicted molar refractivity (Wildman–Crippen MR) is 77.1 cm³/mol. The van der Waals surface area contributed by atoms with E-state index in [1.165, 1.54) is 0 Å². The van der Waals surface area contributed by atoms with E-state index < -0.39 is 0 Å². The number of esters is 1. The highest BCUT2D eigenvalue weighted by Crippen LogP contribution is 2.25. The first-order valence-corrected chi connectivity index (χ1v) is 7.28. The van der Waals surface area contributed by atoms with E-state index >= 15 is 0 Å². The number of anilines is 1. The van der Waals surface area contributed by atoms with Crippen LogP contribution in [0.15, 0.2) is 12.4 Å². The van der Waals surface area contributed by atoms with Crippen LogP contribution in [0.2, 0.25) is 0 Å². The Labute approximate surface area is 122 Å². The van der Waals surface area contributed by atoms with Crippen molar-refractivity contribution in [2.45, 2.75) is 26.7 Å². The molecule has 0 aromatic carbocycles. The van der Waals surface area contributed by atoms with Gasteiger partial charge in [-0.3, -0.25) is 9.20 Å². The van der Waals surface area contributed by atoms with Crippen LogP contribution in [0.3, 0.4) is 0 Å². The van der Waals surface area contributed by atoms with E-state index in [4.69, 9.17) is 4.74 Å². The van der Waals surface area contributed by atoms with Crippen molar-refractivity contribution in [1.82, 2.24) is 19.6 Å². The Bertz CT molecular complexity index is 646. The number of rotatable bonds is 3. The SMILES string of the molecule is CCOC(=O)C1CCN(c2nccn3c(C)nnc23)CC1. The Morgan fingerprint density at radius 3 is 2.86 bits per heavy atom. The summed E-state index contributed by atoms with van der Waals surface area (Å²) in [5, 5.41) is 8.29. The zero-order valence-corrected chi connectivity index (χ0v) is 12.3. The minimum absolute atomic E-state index is 0.000499. The van der Waals surface area contributed by atoms with Gasteiger partial charge in [0.05, 0.1) is 12.5 Å². The predicted octanol–water partition coefficient (Wildman–Crippen LogP) is 1.21. The number of ether oxygens (including phenoxy) is 1. The summed E-state index contributed by atoms with van der Waals surface area (Å²) in [7, 11) is 0. The lowest BCUT2D eigenvalue weighted by atomic mass is 9.97. The lowest BCUT2D eigenvalue weighted by Crippen LogP contribution is -2.37. The molecule has 7 heteroatoms. The van der Waals surface area contributed by atoms with Crippen LogP contribution in [0.5, 0.6) is 0 Å². The molecule has 0 aliphatic carbocycles. The molecular formula is C14H19N5O2. The largest absolute Gasteiger partial charge is 0.466 e. The molecule has 0 bridgehead atoms. The highest BCUT2D eigenvalue weighted by atomic mass is 16.5. The molecule has 2 aromatic rings. The van der Waals surface area contributed by atoms with Crippen LogP contribution in [0.25, 0.3) is 5.65 Å². The van der Waals surface area contributed by atoms with Crippen molar-refractivity contribution in [3.8, 4) is 0 Å². The van der Waals surface area contributed by atoms with Crippen LogP contribution < -0.4 is 4.90 Å². The van der Waals surface area contributed by atoms with Gasteiger partial charge >= 0.3 is 5.97 Å². The monoisotopic (exact) mass is 289 g/mol. The molecule has 0 N–H and O–H groups in total. The number of fused-ring (bicyclic) bond motifs is 1. The summed E-state index contributed by atoms with van der Waals surface area (Å²) in [6, 6.07) is 0. The van der Waals surface area contributed by atoms with Crippen molar-refractivity contribution in [3.63, 3.8) is 0 Å². The number of carbonyl (C=O) groups excluding carboxylic acids is 1. The van der Waals surface area contributed by atoms with Crippen LogP contribution in [0, 0.1) is 12.8 Å². The van der Waals surface area contributed by atoms with Gasteiger partial charge < -0.3 is 9.64 Å². The molecule has 7 nitrogen and oxygen atoms in total. The van der Waals surface area contributed by atoms with Gasteiger partial charge in [0.2, 0.25) is 5.65 Å². The van der Waals surface area contributed by atoms with Gasteiger partial charge in [0.25, 0.3) is 0 Å². The number of hydrogen-bond acceptors (Lipinski definition) is 6. The van der Waals surface area contributed by atoms with Gasteiger partial charge in [0.15, 0.2) is 5.82 Å². The summed E-state index contributed by atoms with van der Waals surface area (Å²) < 4.78 is 7.03. The van der Waals surface area contributed by atoms with Crippen molar-refractivity contribution < 1.29 is 9.53 Å². The minimum Gasteiger partial charge on any atom is -0.466 e. The van der Waals surface area contributed by atoms with Crippen LogP contribution >= 0.6 is 0 Å². The fraction of sp³-hybridized carbons (Fsp3) is 0.571. The average molecular weight is 289 g/mol. The van der Waals surface area contributed by atoms with E-state index in [2.05, 4.69) is 20.1 Å². The summed E-state index contributed by atoms with van der Waals surface area (Å²) >= 11 is 0. The zero-order chi connectivity index (χ0) is 14.8.